The lowest BCUT2D eigenvalue weighted by Gasteiger charge is -2.35. The maximum atomic E-state index is 9.40. The highest BCUT2D eigenvalue weighted by atomic mass is 16.3. The van der Waals surface area contributed by atoms with E-state index in [0.717, 1.165) is 6.54 Å². The molecule has 1 fully saturated rings. The van der Waals surface area contributed by atoms with Gasteiger partial charge in [0.05, 0.1) is 0 Å². The van der Waals surface area contributed by atoms with Gasteiger partial charge in [0.15, 0.2) is 0 Å². The zero-order valence-corrected chi connectivity index (χ0v) is 13.3. The summed E-state index contributed by atoms with van der Waals surface area (Å²) in [6.07, 6.45) is 5.01. The fourth-order valence-electron chi connectivity index (χ4n) is 3.60. The predicted molar refractivity (Wildman–Crippen MR) is 91.0 cm³/mol. The molecule has 1 N–H and O–H groups in total. The van der Waals surface area contributed by atoms with Crippen LogP contribution in [0.4, 0.5) is 0 Å². The van der Waals surface area contributed by atoms with Crippen molar-refractivity contribution in [2.75, 3.05) is 7.05 Å². The zero-order chi connectivity index (χ0) is 15.4. The predicted octanol–water partition coefficient (Wildman–Crippen LogP) is 4.55. The first-order valence-electron chi connectivity index (χ1n) is 8.25. The van der Waals surface area contributed by atoms with E-state index in [2.05, 4.69) is 54.4 Å². The van der Waals surface area contributed by atoms with Gasteiger partial charge < -0.3 is 5.11 Å². The van der Waals surface area contributed by atoms with Crippen LogP contribution in [0.3, 0.4) is 0 Å². The van der Waals surface area contributed by atoms with Crippen molar-refractivity contribution in [2.24, 2.45) is 0 Å². The van der Waals surface area contributed by atoms with E-state index in [-0.39, 0.29) is 0 Å². The molecule has 0 bridgehead atoms. The summed E-state index contributed by atoms with van der Waals surface area (Å²) in [5.41, 5.74) is 2.77. The van der Waals surface area contributed by atoms with E-state index in [1.807, 2.05) is 12.1 Å². The van der Waals surface area contributed by atoms with Gasteiger partial charge in [-0.05, 0) is 61.9 Å². The molecule has 116 valence electrons. The second-order valence-corrected chi connectivity index (χ2v) is 6.50. The Morgan fingerprint density at radius 1 is 0.909 bits per heavy atom. The van der Waals surface area contributed by atoms with E-state index in [4.69, 9.17) is 0 Å². The van der Waals surface area contributed by atoms with Gasteiger partial charge in [-0.2, -0.15) is 0 Å². The van der Waals surface area contributed by atoms with E-state index in [1.165, 1.54) is 36.8 Å². The minimum absolute atomic E-state index is 0.361. The minimum atomic E-state index is 0.361. The summed E-state index contributed by atoms with van der Waals surface area (Å²) in [7, 11) is 2.25. The Kier molecular flexibility index (Phi) is 4.79. The van der Waals surface area contributed by atoms with Crippen molar-refractivity contribution in [1.29, 1.82) is 0 Å². The van der Waals surface area contributed by atoms with E-state index in [1.54, 1.807) is 0 Å². The van der Waals surface area contributed by atoms with Crippen LogP contribution in [0.15, 0.2) is 54.6 Å². The minimum Gasteiger partial charge on any atom is -0.508 e. The molecule has 1 aliphatic carbocycles. The molecule has 0 radical (unpaired) electrons. The fraction of sp³-hybridized carbons (Fsp3) is 0.400. The molecular weight excluding hydrogens is 270 g/mol. The van der Waals surface area contributed by atoms with Crippen LogP contribution in [-0.4, -0.2) is 23.1 Å². The van der Waals surface area contributed by atoms with Crippen LogP contribution >= 0.6 is 0 Å². The number of hydrogen-bond donors (Lipinski definition) is 1. The summed E-state index contributed by atoms with van der Waals surface area (Å²) in [5, 5.41) is 9.40. The van der Waals surface area contributed by atoms with Gasteiger partial charge in [-0.3, -0.25) is 4.90 Å². The van der Waals surface area contributed by atoms with Crippen LogP contribution in [0.25, 0.3) is 0 Å². The summed E-state index contributed by atoms with van der Waals surface area (Å²) in [6, 6.07) is 19.2. The highest BCUT2D eigenvalue weighted by molar-refractivity contribution is 5.28. The van der Waals surface area contributed by atoms with Crippen molar-refractivity contribution in [1.82, 2.24) is 4.90 Å². The third-order valence-electron chi connectivity index (χ3n) is 4.96. The number of nitrogens with zero attached hydrogens (tertiary/aromatic N) is 1. The third-order valence-corrected chi connectivity index (χ3v) is 4.96. The molecule has 1 aliphatic rings. The summed E-state index contributed by atoms with van der Waals surface area (Å²) in [4.78, 5) is 2.50. The molecule has 0 aliphatic heterocycles. The molecule has 0 spiro atoms. The molecule has 2 aromatic rings. The SMILES string of the molecule is CN(Cc1ccccc1)C1CCC(c2ccc(O)cc2)CC1. The lowest BCUT2D eigenvalue weighted by Crippen LogP contribution is -2.34. The molecule has 1 saturated carbocycles. The maximum Gasteiger partial charge on any atom is 0.115 e. The van der Waals surface area contributed by atoms with Gasteiger partial charge in [0.2, 0.25) is 0 Å². The summed E-state index contributed by atoms with van der Waals surface area (Å²) < 4.78 is 0. The Morgan fingerprint density at radius 2 is 1.55 bits per heavy atom. The molecule has 0 unspecified atom stereocenters. The maximum absolute atomic E-state index is 9.40. The summed E-state index contributed by atoms with van der Waals surface area (Å²) >= 11 is 0. The number of benzene rings is 2. The summed E-state index contributed by atoms with van der Waals surface area (Å²) in [6.45, 7) is 1.04. The van der Waals surface area contributed by atoms with Crippen molar-refractivity contribution in [2.45, 2.75) is 44.2 Å². The Bertz CT molecular complexity index is 570. The average Bonchev–Trinajstić information content (AvgIpc) is 2.57. The van der Waals surface area contributed by atoms with Crippen LogP contribution in [0, 0.1) is 0 Å². The molecular formula is C20H25NO. The Balaban J connectivity index is 1.54. The molecule has 22 heavy (non-hydrogen) atoms. The molecule has 3 rings (SSSR count). The molecule has 0 amide bonds. The van der Waals surface area contributed by atoms with Gasteiger partial charge in [0.25, 0.3) is 0 Å². The number of phenolic OH excluding ortho intramolecular Hbond substituents is 1. The Labute approximate surface area is 133 Å². The first-order valence-corrected chi connectivity index (χ1v) is 8.25. The van der Waals surface area contributed by atoms with E-state index in [9.17, 15) is 5.11 Å². The van der Waals surface area contributed by atoms with Crippen molar-refractivity contribution in [3.8, 4) is 5.75 Å². The lowest BCUT2D eigenvalue weighted by molar-refractivity contribution is 0.175. The monoisotopic (exact) mass is 295 g/mol. The molecule has 2 nitrogen and oxygen atoms in total. The van der Waals surface area contributed by atoms with Crippen LogP contribution in [0.2, 0.25) is 0 Å². The second kappa shape index (κ2) is 6.97. The quantitative estimate of drug-likeness (QED) is 0.894. The Hall–Kier alpha value is -1.80. The summed E-state index contributed by atoms with van der Waals surface area (Å²) in [5.74, 6) is 1.02. The molecule has 0 aromatic heterocycles. The standard InChI is InChI=1S/C20H25NO/c1-21(15-16-5-3-2-4-6-16)19-11-7-17(8-12-19)18-9-13-20(22)14-10-18/h2-6,9-10,13-14,17,19,22H,7-8,11-12,15H2,1H3. The van der Waals surface area contributed by atoms with Crippen molar-refractivity contribution < 1.29 is 5.11 Å². The van der Waals surface area contributed by atoms with Gasteiger partial charge in [-0.15, -0.1) is 0 Å². The van der Waals surface area contributed by atoms with E-state index < -0.39 is 0 Å². The molecule has 0 saturated heterocycles. The van der Waals surface area contributed by atoms with Gasteiger partial charge >= 0.3 is 0 Å². The van der Waals surface area contributed by atoms with Gasteiger partial charge in [0, 0.05) is 12.6 Å². The largest absolute Gasteiger partial charge is 0.508 e. The van der Waals surface area contributed by atoms with Gasteiger partial charge in [-0.25, -0.2) is 0 Å². The molecule has 0 atom stereocenters. The lowest BCUT2D eigenvalue weighted by atomic mass is 9.81. The van der Waals surface area contributed by atoms with Crippen LogP contribution in [-0.2, 0) is 6.54 Å². The number of phenols is 1. The van der Waals surface area contributed by atoms with Gasteiger partial charge in [-0.1, -0.05) is 42.5 Å². The zero-order valence-electron chi connectivity index (χ0n) is 13.3. The third kappa shape index (κ3) is 3.69. The average molecular weight is 295 g/mol. The van der Waals surface area contributed by atoms with Crippen molar-refractivity contribution >= 4 is 0 Å². The smallest absolute Gasteiger partial charge is 0.115 e. The molecule has 0 heterocycles. The highest BCUT2D eigenvalue weighted by Gasteiger charge is 2.24. The highest BCUT2D eigenvalue weighted by Crippen LogP contribution is 2.35. The van der Waals surface area contributed by atoms with Gasteiger partial charge in [0.1, 0.15) is 5.75 Å². The topological polar surface area (TPSA) is 23.5 Å². The number of hydrogen-bond acceptors (Lipinski definition) is 2. The second-order valence-electron chi connectivity index (χ2n) is 6.50. The van der Waals surface area contributed by atoms with Crippen LogP contribution < -0.4 is 0 Å². The van der Waals surface area contributed by atoms with Crippen molar-refractivity contribution in [3.05, 3.63) is 65.7 Å². The van der Waals surface area contributed by atoms with E-state index >= 15 is 0 Å². The molecule has 2 heteroatoms. The number of aromatic hydroxyl groups is 1. The normalized spacial score (nSPS) is 21.9. The number of rotatable bonds is 4. The first-order chi connectivity index (χ1) is 10.7. The Morgan fingerprint density at radius 3 is 2.18 bits per heavy atom. The van der Waals surface area contributed by atoms with Crippen molar-refractivity contribution in [3.63, 3.8) is 0 Å². The first kappa shape index (κ1) is 15.1. The van der Waals surface area contributed by atoms with Crippen LogP contribution in [0.1, 0.15) is 42.7 Å². The molecule has 2 aromatic carbocycles. The fourth-order valence-corrected chi connectivity index (χ4v) is 3.60. The van der Waals surface area contributed by atoms with E-state index in [0.29, 0.717) is 17.7 Å². The van der Waals surface area contributed by atoms with Crippen LogP contribution in [0.5, 0.6) is 5.75 Å².